The second-order valence-electron chi connectivity index (χ2n) is 9.85. The minimum Gasteiger partial charge on any atom is -0.497 e. The van der Waals surface area contributed by atoms with Gasteiger partial charge < -0.3 is 15.4 Å². The van der Waals surface area contributed by atoms with Gasteiger partial charge in [-0.05, 0) is 76.0 Å². The zero-order valence-electron chi connectivity index (χ0n) is 20.6. The van der Waals surface area contributed by atoms with Gasteiger partial charge in [0.05, 0.1) is 7.11 Å². The fraction of sp³-hybridized carbons (Fsp3) is 0.429. The summed E-state index contributed by atoms with van der Waals surface area (Å²) < 4.78 is 5.40. The molecular weight excluding hydrogens is 426 g/mol. The zero-order chi connectivity index (χ0) is 24.3. The van der Waals surface area contributed by atoms with Gasteiger partial charge in [-0.15, -0.1) is 0 Å². The molecule has 1 saturated heterocycles. The highest BCUT2D eigenvalue weighted by Gasteiger charge is 2.28. The Kier molecular flexibility index (Phi) is 7.08. The summed E-state index contributed by atoms with van der Waals surface area (Å²) in [4.78, 5) is 28.4. The Morgan fingerprint density at radius 2 is 2.00 bits per heavy atom. The molecule has 6 heteroatoms. The van der Waals surface area contributed by atoms with Gasteiger partial charge in [0.25, 0.3) is 5.91 Å². The minimum atomic E-state index is -0.179. The molecule has 0 saturated carbocycles. The fourth-order valence-electron chi connectivity index (χ4n) is 5.04. The number of ether oxygens (including phenoxy) is 1. The van der Waals surface area contributed by atoms with Crippen LogP contribution in [0.25, 0.3) is 5.70 Å². The first-order valence-electron chi connectivity index (χ1n) is 12.1. The molecule has 1 unspecified atom stereocenters. The number of methoxy groups -OCH3 is 1. The van der Waals surface area contributed by atoms with E-state index in [1.807, 2.05) is 12.1 Å². The maximum atomic E-state index is 13.2. The number of carbonyl (C=O) groups is 2. The largest absolute Gasteiger partial charge is 0.497 e. The van der Waals surface area contributed by atoms with Crippen molar-refractivity contribution in [3.63, 3.8) is 0 Å². The molecule has 2 N–H and O–H groups in total. The third-order valence-corrected chi connectivity index (χ3v) is 6.80. The lowest BCUT2D eigenvalue weighted by atomic mass is 9.85. The fourth-order valence-corrected chi connectivity index (χ4v) is 5.04. The number of amides is 1. The number of fused-ring (bicyclic) bond motifs is 1. The van der Waals surface area contributed by atoms with E-state index in [1.54, 1.807) is 37.5 Å². The molecule has 6 nitrogen and oxygen atoms in total. The quantitative estimate of drug-likeness (QED) is 0.481. The van der Waals surface area contributed by atoms with E-state index in [-0.39, 0.29) is 17.2 Å². The number of nitrogens with one attached hydrogen (secondary N) is 2. The van der Waals surface area contributed by atoms with Crippen molar-refractivity contribution >= 4 is 17.4 Å². The molecule has 180 valence electrons. The first-order valence-corrected chi connectivity index (χ1v) is 12.1. The third-order valence-electron chi connectivity index (χ3n) is 6.80. The molecule has 2 aromatic rings. The summed E-state index contributed by atoms with van der Waals surface area (Å²) in [5.41, 5.74) is 3.73. The average Bonchev–Trinajstić information content (AvgIpc) is 3.29. The molecule has 0 aliphatic carbocycles. The predicted octanol–water partition coefficient (Wildman–Crippen LogP) is 4.06. The number of likely N-dealkylation sites (tertiary alicyclic amines) is 1. The van der Waals surface area contributed by atoms with Crippen LogP contribution in [0.5, 0.6) is 5.75 Å². The van der Waals surface area contributed by atoms with E-state index < -0.39 is 0 Å². The van der Waals surface area contributed by atoms with Crippen molar-refractivity contribution in [1.82, 2.24) is 15.5 Å². The molecule has 0 bridgehead atoms. The van der Waals surface area contributed by atoms with E-state index in [0.29, 0.717) is 23.7 Å². The lowest BCUT2D eigenvalue weighted by Crippen LogP contribution is -2.43. The van der Waals surface area contributed by atoms with Crippen LogP contribution in [-0.2, 0) is 6.42 Å². The van der Waals surface area contributed by atoms with Gasteiger partial charge in [-0.2, -0.15) is 0 Å². The third kappa shape index (κ3) is 5.33. The molecule has 2 heterocycles. The monoisotopic (exact) mass is 461 g/mol. The van der Waals surface area contributed by atoms with Crippen LogP contribution in [0, 0.1) is 0 Å². The van der Waals surface area contributed by atoms with Gasteiger partial charge in [0.1, 0.15) is 5.75 Å². The lowest BCUT2D eigenvalue weighted by Gasteiger charge is -2.35. The van der Waals surface area contributed by atoms with Crippen LogP contribution in [0.3, 0.4) is 0 Å². The van der Waals surface area contributed by atoms with Crippen LogP contribution in [0.4, 0.5) is 0 Å². The Hall–Kier alpha value is -3.12. The Balaban J connectivity index is 1.53. The molecule has 1 atom stereocenters. The molecule has 2 aliphatic rings. The number of likely N-dealkylation sites (N-methyl/N-ethyl adjacent to an activating group) is 1. The van der Waals surface area contributed by atoms with Crippen LogP contribution < -0.4 is 15.4 Å². The summed E-state index contributed by atoms with van der Waals surface area (Å²) in [5, 5.41) is 6.56. The molecule has 2 aromatic carbocycles. The van der Waals surface area contributed by atoms with Gasteiger partial charge in [-0.1, -0.05) is 25.1 Å². The van der Waals surface area contributed by atoms with Crippen LogP contribution in [0.2, 0.25) is 0 Å². The Morgan fingerprint density at radius 3 is 2.76 bits per heavy atom. The van der Waals surface area contributed by atoms with E-state index in [1.165, 1.54) is 12.0 Å². The number of carbonyl (C=O) groups excluding carboxylic acids is 2. The SMILES string of the molecule is CCN1CCCC1CNC(=O)c1cccc(C(=O)/C=C2\NC(C)(C)Cc3ccc(OC)cc32)c1. The van der Waals surface area contributed by atoms with Crippen LogP contribution in [0.1, 0.15) is 65.5 Å². The highest BCUT2D eigenvalue weighted by molar-refractivity contribution is 6.10. The number of benzene rings is 2. The van der Waals surface area contributed by atoms with E-state index in [2.05, 4.69) is 42.4 Å². The highest BCUT2D eigenvalue weighted by Crippen LogP contribution is 2.32. The van der Waals surface area contributed by atoms with Crippen molar-refractivity contribution in [3.05, 3.63) is 70.8 Å². The first kappa shape index (κ1) is 24.0. The smallest absolute Gasteiger partial charge is 0.251 e. The Labute approximate surface area is 202 Å². The number of ketones is 1. The van der Waals surface area contributed by atoms with Crippen LogP contribution in [-0.4, -0.2) is 54.9 Å². The first-order chi connectivity index (χ1) is 16.3. The van der Waals surface area contributed by atoms with Gasteiger partial charge in [0, 0.05) is 46.6 Å². The van der Waals surface area contributed by atoms with E-state index in [4.69, 9.17) is 4.74 Å². The van der Waals surface area contributed by atoms with Crippen molar-refractivity contribution in [2.24, 2.45) is 0 Å². The molecule has 34 heavy (non-hydrogen) atoms. The van der Waals surface area contributed by atoms with Crippen molar-refractivity contribution in [2.75, 3.05) is 26.7 Å². The Bertz CT molecular complexity index is 1110. The summed E-state index contributed by atoms with van der Waals surface area (Å²) in [7, 11) is 1.64. The molecule has 2 aliphatic heterocycles. The standard InChI is InChI=1S/C28H35N3O3/c1-5-31-13-7-10-22(31)18-29-27(33)20-9-6-8-19(14-20)26(32)16-25-24-15-23(34-4)12-11-21(24)17-28(2,3)30-25/h6,8-9,11-12,14-16,22,30H,5,7,10,13,17-18H2,1-4H3,(H,29,33)/b25-16-. The van der Waals surface area contributed by atoms with Crippen LogP contribution in [0.15, 0.2) is 48.5 Å². The van der Waals surface area contributed by atoms with Gasteiger partial charge >= 0.3 is 0 Å². The number of hydrogen-bond donors (Lipinski definition) is 2. The maximum absolute atomic E-state index is 13.2. The van der Waals surface area contributed by atoms with Crippen molar-refractivity contribution in [3.8, 4) is 5.75 Å². The maximum Gasteiger partial charge on any atom is 0.251 e. The summed E-state index contributed by atoms with van der Waals surface area (Å²) in [6, 6.07) is 13.3. The Morgan fingerprint density at radius 1 is 1.21 bits per heavy atom. The number of hydrogen-bond acceptors (Lipinski definition) is 5. The van der Waals surface area contributed by atoms with Gasteiger partial charge in [0.2, 0.25) is 0 Å². The van der Waals surface area contributed by atoms with E-state index in [0.717, 1.165) is 42.9 Å². The summed E-state index contributed by atoms with van der Waals surface area (Å²) >= 11 is 0. The summed E-state index contributed by atoms with van der Waals surface area (Å²) in [6.45, 7) is 9.11. The second-order valence-corrected chi connectivity index (χ2v) is 9.85. The molecule has 4 rings (SSSR count). The topological polar surface area (TPSA) is 70.7 Å². The lowest BCUT2D eigenvalue weighted by molar-refractivity contribution is 0.0941. The van der Waals surface area contributed by atoms with Crippen molar-refractivity contribution in [2.45, 2.75) is 51.6 Å². The highest BCUT2D eigenvalue weighted by atomic mass is 16.5. The second kappa shape index (κ2) is 10.0. The van der Waals surface area contributed by atoms with Gasteiger partial charge in [-0.3, -0.25) is 14.5 Å². The molecule has 0 spiro atoms. The summed E-state index contributed by atoms with van der Waals surface area (Å²) in [5.74, 6) is 0.468. The van der Waals surface area contributed by atoms with Crippen molar-refractivity contribution < 1.29 is 14.3 Å². The van der Waals surface area contributed by atoms with Crippen molar-refractivity contribution in [1.29, 1.82) is 0 Å². The normalized spacial score (nSPS) is 20.5. The van der Waals surface area contributed by atoms with Gasteiger partial charge in [0.15, 0.2) is 5.78 Å². The average molecular weight is 462 g/mol. The predicted molar refractivity (Wildman–Crippen MR) is 135 cm³/mol. The number of rotatable bonds is 7. The summed E-state index contributed by atoms with van der Waals surface area (Å²) in [6.07, 6.45) is 4.76. The molecule has 1 amide bonds. The molecule has 0 aromatic heterocycles. The zero-order valence-corrected chi connectivity index (χ0v) is 20.6. The number of allylic oxidation sites excluding steroid dienone is 1. The minimum absolute atomic E-state index is 0.141. The molecule has 1 fully saturated rings. The number of nitrogens with zero attached hydrogens (tertiary/aromatic N) is 1. The van der Waals surface area contributed by atoms with Crippen LogP contribution >= 0.6 is 0 Å². The molecular formula is C28H35N3O3. The van der Waals surface area contributed by atoms with E-state index >= 15 is 0 Å². The molecule has 0 radical (unpaired) electrons. The van der Waals surface area contributed by atoms with E-state index in [9.17, 15) is 9.59 Å². The van der Waals surface area contributed by atoms with Gasteiger partial charge in [-0.25, -0.2) is 0 Å².